The third kappa shape index (κ3) is 0.763. The maximum absolute atomic E-state index is 10.7. The van der Waals surface area contributed by atoms with Gasteiger partial charge in [-0.05, 0) is 12.1 Å². The molecular weight excluding hydrogens is 160 g/mol. The van der Waals surface area contributed by atoms with Gasteiger partial charge in [0.05, 0.1) is 5.52 Å². The fourth-order valence-corrected chi connectivity index (χ4v) is 1.08. The summed E-state index contributed by atoms with van der Waals surface area (Å²) in [5, 5.41) is 18.3. The van der Waals surface area contributed by atoms with E-state index in [-0.39, 0.29) is 17.0 Å². The second-order valence-corrected chi connectivity index (χ2v) is 2.43. The second kappa shape index (κ2) is 2.04. The molecule has 0 aliphatic heterocycles. The molecule has 5 heteroatoms. The van der Waals surface area contributed by atoms with Gasteiger partial charge in [-0.25, -0.2) is 4.79 Å². The average Bonchev–Trinajstić information content (AvgIpc) is 2.39. The quantitative estimate of drug-likeness (QED) is 0.423. The molecule has 12 heavy (non-hydrogen) atoms. The van der Waals surface area contributed by atoms with Crippen LogP contribution >= 0.6 is 0 Å². The van der Waals surface area contributed by atoms with Crippen LogP contribution in [0.25, 0.3) is 11.0 Å². The van der Waals surface area contributed by atoms with Gasteiger partial charge in [0.1, 0.15) is 5.52 Å². The fourth-order valence-electron chi connectivity index (χ4n) is 1.08. The summed E-state index contributed by atoms with van der Waals surface area (Å²) in [5.41, 5.74) is 0.279. The zero-order chi connectivity index (χ0) is 8.72. The second-order valence-electron chi connectivity index (χ2n) is 2.43. The molecule has 0 saturated carbocycles. The Labute approximate surface area is 66.3 Å². The van der Waals surface area contributed by atoms with Gasteiger partial charge in [-0.3, -0.25) is 0 Å². The van der Waals surface area contributed by atoms with Crippen molar-refractivity contribution < 1.29 is 10.2 Å². The molecule has 1 aromatic carbocycles. The normalized spacial score (nSPS) is 10.7. The number of fused-ring (bicyclic) bond motifs is 1. The minimum Gasteiger partial charge on any atom is -0.504 e. The Morgan fingerprint density at radius 2 is 1.92 bits per heavy atom. The molecule has 0 aliphatic carbocycles. The number of aromatic hydroxyl groups is 2. The number of hydrogen-bond donors (Lipinski definition) is 4. The van der Waals surface area contributed by atoms with Gasteiger partial charge in [-0.2, -0.15) is 0 Å². The molecule has 0 unspecified atom stereocenters. The van der Waals surface area contributed by atoms with Crippen molar-refractivity contribution in [3.05, 3.63) is 22.6 Å². The number of aromatic amines is 2. The SMILES string of the molecule is O=c1[nH]c2ccc(O)c(O)c2[nH]1. The molecule has 0 atom stereocenters. The maximum atomic E-state index is 10.7. The lowest BCUT2D eigenvalue weighted by Crippen LogP contribution is -1.99. The summed E-state index contributed by atoms with van der Waals surface area (Å²) in [7, 11) is 0. The molecule has 0 aliphatic rings. The lowest BCUT2D eigenvalue weighted by atomic mass is 10.3. The van der Waals surface area contributed by atoms with Gasteiger partial charge in [-0.15, -0.1) is 0 Å². The van der Waals surface area contributed by atoms with Crippen LogP contribution in [0.2, 0.25) is 0 Å². The summed E-state index contributed by atoms with van der Waals surface area (Å²) in [4.78, 5) is 15.5. The van der Waals surface area contributed by atoms with E-state index >= 15 is 0 Å². The number of phenolic OH excluding ortho intramolecular Hbond substituents is 2. The van der Waals surface area contributed by atoms with E-state index in [9.17, 15) is 9.90 Å². The Morgan fingerprint density at radius 1 is 1.17 bits per heavy atom. The van der Waals surface area contributed by atoms with E-state index in [1.54, 1.807) is 0 Å². The van der Waals surface area contributed by atoms with Crippen LogP contribution in [0.3, 0.4) is 0 Å². The number of hydrogen-bond acceptors (Lipinski definition) is 3. The number of H-pyrrole nitrogens is 2. The first-order valence-corrected chi connectivity index (χ1v) is 3.31. The third-order valence-corrected chi connectivity index (χ3v) is 1.64. The molecule has 0 bridgehead atoms. The topological polar surface area (TPSA) is 89.1 Å². The Bertz CT molecular complexity index is 483. The van der Waals surface area contributed by atoms with Gasteiger partial charge in [0.25, 0.3) is 0 Å². The third-order valence-electron chi connectivity index (χ3n) is 1.64. The highest BCUT2D eigenvalue weighted by Crippen LogP contribution is 2.29. The van der Waals surface area contributed by atoms with E-state index in [0.717, 1.165) is 0 Å². The van der Waals surface area contributed by atoms with Crippen LogP contribution in [0.1, 0.15) is 0 Å². The van der Waals surface area contributed by atoms with Crippen molar-refractivity contribution in [2.75, 3.05) is 0 Å². The number of phenols is 2. The van der Waals surface area contributed by atoms with Crippen molar-refractivity contribution in [1.82, 2.24) is 9.97 Å². The molecule has 0 spiro atoms. The van der Waals surface area contributed by atoms with Crippen molar-refractivity contribution in [2.45, 2.75) is 0 Å². The number of imidazole rings is 1. The summed E-state index contributed by atoms with van der Waals surface area (Å²) in [6.07, 6.45) is 0. The van der Waals surface area contributed by atoms with Crippen LogP contribution in [0, 0.1) is 0 Å². The molecule has 2 aromatic rings. The van der Waals surface area contributed by atoms with E-state index in [0.29, 0.717) is 5.52 Å². The molecule has 0 fully saturated rings. The van der Waals surface area contributed by atoms with E-state index in [2.05, 4.69) is 9.97 Å². The van der Waals surface area contributed by atoms with Crippen LogP contribution in [-0.4, -0.2) is 20.2 Å². The monoisotopic (exact) mass is 166 g/mol. The van der Waals surface area contributed by atoms with Gasteiger partial charge in [0, 0.05) is 0 Å². The number of aromatic nitrogens is 2. The Balaban J connectivity index is 2.99. The highest BCUT2D eigenvalue weighted by molar-refractivity contribution is 5.83. The lowest BCUT2D eigenvalue weighted by molar-refractivity contribution is 0.407. The average molecular weight is 166 g/mol. The highest BCUT2D eigenvalue weighted by atomic mass is 16.3. The van der Waals surface area contributed by atoms with Gasteiger partial charge < -0.3 is 20.2 Å². The first-order valence-electron chi connectivity index (χ1n) is 3.31. The number of rotatable bonds is 0. The first-order chi connectivity index (χ1) is 5.68. The van der Waals surface area contributed by atoms with Crippen molar-refractivity contribution in [3.8, 4) is 11.5 Å². The molecule has 4 N–H and O–H groups in total. The zero-order valence-corrected chi connectivity index (χ0v) is 5.96. The summed E-state index contributed by atoms with van der Waals surface area (Å²) in [6, 6.07) is 2.81. The van der Waals surface area contributed by atoms with Crippen LogP contribution in [0.15, 0.2) is 16.9 Å². The smallest absolute Gasteiger partial charge is 0.323 e. The van der Waals surface area contributed by atoms with Crippen LogP contribution in [0.4, 0.5) is 0 Å². The predicted octanol–water partition coefficient (Wildman–Crippen LogP) is 0.267. The highest BCUT2D eigenvalue weighted by Gasteiger charge is 2.06. The van der Waals surface area contributed by atoms with Crippen molar-refractivity contribution in [3.63, 3.8) is 0 Å². The van der Waals surface area contributed by atoms with Crippen LogP contribution < -0.4 is 5.69 Å². The van der Waals surface area contributed by atoms with Crippen LogP contribution in [0.5, 0.6) is 11.5 Å². The van der Waals surface area contributed by atoms with Gasteiger partial charge in [0.2, 0.25) is 0 Å². The minimum absolute atomic E-state index is 0.222. The molecular formula is C7H6N2O3. The maximum Gasteiger partial charge on any atom is 0.323 e. The number of benzene rings is 1. The summed E-state index contributed by atoms with van der Waals surface area (Å²) < 4.78 is 0. The standard InChI is InChI=1S/C7H6N2O3/c10-4-2-1-3-5(6(4)11)9-7(12)8-3/h1-2,10-11H,(H2,8,9,12). The Kier molecular flexibility index (Phi) is 1.15. The van der Waals surface area contributed by atoms with E-state index in [4.69, 9.17) is 5.11 Å². The van der Waals surface area contributed by atoms with E-state index < -0.39 is 5.69 Å². The van der Waals surface area contributed by atoms with Gasteiger partial charge >= 0.3 is 5.69 Å². The lowest BCUT2D eigenvalue weighted by Gasteiger charge is -1.95. The van der Waals surface area contributed by atoms with Crippen LogP contribution in [-0.2, 0) is 0 Å². The molecule has 1 heterocycles. The van der Waals surface area contributed by atoms with Gasteiger partial charge in [-0.1, -0.05) is 0 Å². The molecule has 1 aromatic heterocycles. The first kappa shape index (κ1) is 6.78. The Morgan fingerprint density at radius 3 is 2.67 bits per heavy atom. The fraction of sp³-hybridized carbons (Fsp3) is 0. The van der Waals surface area contributed by atoms with Gasteiger partial charge in [0.15, 0.2) is 11.5 Å². The molecule has 0 radical (unpaired) electrons. The molecule has 0 saturated heterocycles. The van der Waals surface area contributed by atoms with Crippen molar-refractivity contribution in [2.24, 2.45) is 0 Å². The summed E-state index contributed by atoms with van der Waals surface area (Å²) >= 11 is 0. The Hall–Kier alpha value is -1.91. The zero-order valence-electron chi connectivity index (χ0n) is 5.96. The minimum atomic E-state index is -0.411. The number of nitrogens with one attached hydrogen (secondary N) is 2. The summed E-state index contributed by atoms with van der Waals surface area (Å²) in [6.45, 7) is 0. The van der Waals surface area contributed by atoms with E-state index in [1.165, 1.54) is 12.1 Å². The van der Waals surface area contributed by atoms with Crippen molar-refractivity contribution in [1.29, 1.82) is 0 Å². The molecule has 0 amide bonds. The largest absolute Gasteiger partial charge is 0.504 e. The molecule has 5 nitrogen and oxygen atoms in total. The summed E-state index contributed by atoms with van der Waals surface area (Å²) in [5.74, 6) is -0.566. The van der Waals surface area contributed by atoms with E-state index in [1.807, 2.05) is 0 Å². The molecule has 2 rings (SSSR count). The molecule has 62 valence electrons. The predicted molar refractivity (Wildman–Crippen MR) is 42.2 cm³/mol. The van der Waals surface area contributed by atoms with Crippen molar-refractivity contribution >= 4 is 11.0 Å².